The molecule has 0 atom stereocenters. The molecule has 4 nitrogen and oxygen atoms in total. The van der Waals surface area contributed by atoms with E-state index in [9.17, 15) is 4.39 Å². The fourth-order valence-corrected chi connectivity index (χ4v) is 2.14. The van der Waals surface area contributed by atoms with Crippen molar-refractivity contribution in [3.8, 4) is 0 Å². The number of nitrogens with zero attached hydrogens (tertiary/aromatic N) is 2. The maximum absolute atomic E-state index is 13.2. The molecule has 1 heterocycles. The lowest BCUT2D eigenvalue weighted by Crippen LogP contribution is -2.38. The van der Waals surface area contributed by atoms with Crippen LogP contribution in [0.25, 0.3) is 0 Å². The van der Waals surface area contributed by atoms with E-state index in [0.717, 1.165) is 30.6 Å². The van der Waals surface area contributed by atoms with Gasteiger partial charge in [-0.2, -0.15) is 0 Å². The highest BCUT2D eigenvalue weighted by Crippen LogP contribution is 2.06. The van der Waals surface area contributed by atoms with Crippen LogP contribution in [-0.4, -0.2) is 24.0 Å². The molecule has 0 saturated heterocycles. The molecule has 2 aromatic rings. The van der Waals surface area contributed by atoms with E-state index < -0.39 is 0 Å². The third-order valence-corrected chi connectivity index (χ3v) is 3.37. The van der Waals surface area contributed by atoms with Crippen LogP contribution in [0.15, 0.2) is 47.6 Å². The van der Waals surface area contributed by atoms with Gasteiger partial charge in [0.05, 0.1) is 6.54 Å². The Morgan fingerprint density at radius 1 is 1.22 bits per heavy atom. The first kappa shape index (κ1) is 17.2. The van der Waals surface area contributed by atoms with E-state index in [2.05, 4.69) is 20.6 Å². The average Bonchev–Trinajstić information content (AvgIpc) is 2.54. The van der Waals surface area contributed by atoms with Crippen molar-refractivity contribution in [2.75, 3.05) is 13.1 Å². The lowest BCUT2D eigenvalue weighted by atomic mass is 10.2. The van der Waals surface area contributed by atoms with Gasteiger partial charge in [-0.1, -0.05) is 29.8 Å². The highest BCUT2D eigenvalue weighted by atomic mass is 35.5. The van der Waals surface area contributed by atoms with E-state index in [0.29, 0.717) is 17.7 Å². The van der Waals surface area contributed by atoms with Crippen LogP contribution in [-0.2, 0) is 13.0 Å². The van der Waals surface area contributed by atoms with Gasteiger partial charge in [0.2, 0.25) is 0 Å². The Kier molecular flexibility index (Phi) is 6.81. The zero-order valence-corrected chi connectivity index (χ0v) is 13.8. The minimum atomic E-state index is -0.245. The van der Waals surface area contributed by atoms with Gasteiger partial charge in [0.25, 0.3) is 0 Å². The Balaban J connectivity index is 1.87. The second kappa shape index (κ2) is 9.10. The number of halogens is 2. The fraction of sp³-hybridized carbons (Fsp3) is 0.294. The van der Waals surface area contributed by atoms with Crippen LogP contribution < -0.4 is 10.6 Å². The molecule has 0 aliphatic rings. The number of pyridine rings is 1. The number of rotatable bonds is 6. The summed E-state index contributed by atoms with van der Waals surface area (Å²) in [6.45, 7) is 3.91. The maximum atomic E-state index is 13.2. The summed E-state index contributed by atoms with van der Waals surface area (Å²) in [5.74, 6) is 0.463. The van der Waals surface area contributed by atoms with Crippen molar-refractivity contribution >= 4 is 17.6 Å². The second-order valence-electron chi connectivity index (χ2n) is 4.99. The van der Waals surface area contributed by atoms with Crippen molar-refractivity contribution in [1.29, 1.82) is 0 Å². The first-order chi connectivity index (χ1) is 11.2. The van der Waals surface area contributed by atoms with Crippen molar-refractivity contribution in [2.24, 2.45) is 4.99 Å². The number of aliphatic imine (C=N–C) groups is 1. The van der Waals surface area contributed by atoms with E-state index in [-0.39, 0.29) is 5.82 Å². The molecule has 0 amide bonds. The largest absolute Gasteiger partial charge is 0.357 e. The average molecular weight is 335 g/mol. The van der Waals surface area contributed by atoms with Gasteiger partial charge in [0, 0.05) is 19.3 Å². The monoisotopic (exact) mass is 334 g/mol. The summed E-state index contributed by atoms with van der Waals surface area (Å²) in [5, 5.41) is 6.92. The van der Waals surface area contributed by atoms with Gasteiger partial charge in [0.1, 0.15) is 11.0 Å². The quantitative estimate of drug-likeness (QED) is 0.484. The summed E-state index contributed by atoms with van der Waals surface area (Å²) in [6, 6.07) is 10.2. The van der Waals surface area contributed by atoms with Gasteiger partial charge in [0.15, 0.2) is 5.96 Å². The Morgan fingerprint density at radius 2 is 2.09 bits per heavy atom. The predicted molar refractivity (Wildman–Crippen MR) is 92.2 cm³/mol. The molecule has 23 heavy (non-hydrogen) atoms. The molecule has 0 aliphatic carbocycles. The Hall–Kier alpha value is -2.14. The van der Waals surface area contributed by atoms with Crippen LogP contribution in [0.2, 0.25) is 5.15 Å². The third-order valence-electron chi connectivity index (χ3n) is 3.15. The maximum Gasteiger partial charge on any atom is 0.191 e. The first-order valence-electron chi connectivity index (χ1n) is 7.54. The van der Waals surface area contributed by atoms with Crippen molar-refractivity contribution in [3.63, 3.8) is 0 Å². The van der Waals surface area contributed by atoms with E-state index >= 15 is 0 Å². The van der Waals surface area contributed by atoms with Crippen molar-refractivity contribution in [2.45, 2.75) is 19.9 Å². The molecule has 0 saturated carbocycles. The molecule has 1 aromatic carbocycles. The molecule has 0 unspecified atom stereocenters. The third kappa shape index (κ3) is 6.24. The molecular weight excluding hydrogens is 315 g/mol. The van der Waals surface area contributed by atoms with Crippen molar-refractivity contribution in [1.82, 2.24) is 15.6 Å². The highest BCUT2D eigenvalue weighted by Gasteiger charge is 2.00. The Morgan fingerprint density at radius 3 is 2.78 bits per heavy atom. The molecule has 122 valence electrons. The van der Waals surface area contributed by atoms with Gasteiger partial charge in [-0.3, -0.25) is 0 Å². The zero-order valence-electron chi connectivity index (χ0n) is 13.0. The predicted octanol–water partition coefficient (Wildman–Crippen LogP) is 3.17. The topological polar surface area (TPSA) is 49.3 Å². The van der Waals surface area contributed by atoms with Crippen LogP contribution in [0.3, 0.4) is 0 Å². The molecular formula is C17H20ClFN4. The molecule has 0 fully saturated rings. The van der Waals surface area contributed by atoms with Crippen molar-refractivity contribution < 1.29 is 4.39 Å². The minimum absolute atomic E-state index is 0.245. The van der Waals surface area contributed by atoms with Gasteiger partial charge >= 0.3 is 0 Å². The first-order valence-corrected chi connectivity index (χ1v) is 7.92. The Labute approximate surface area is 140 Å². The van der Waals surface area contributed by atoms with Crippen molar-refractivity contribution in [3.05, 3.63) is 64.7 Å². The number of hydrogen-bond acceptors (Lipinski definition) is 2. The SMILES string of the molecule is CCNC(=NCc1cccc(F)c1)NCCc1ccc(Cl)nc1. The molecule has 0 aliphatic heterocycles. The van der Waals surface area contributed by atoms with Crippen LogP contribution in [0.1, 0.15) is 18.1 Å². The summed E-state index contributed by atoms with van der Waals surface area (Å²) in [7, 11) is 0. The standard InChI is InChI=1S/C17H20ClFN4/c1-2-20-17(23-12-14-4-3-5-15(19)10-14)21-9-8-13-6-7-16(18)22-11-13/h3-7,10-11H,2,8-9,12H2,1H3,(H2,20,21,23). The minimum Gasteiger partial charge on any atom is -0.357 e. The normalized spacial score (nSPS) is 11.3. The van der Waals surface area contributed by atoms with Gasteiger partial charge in [-0.15, -0.1) is 0 Å². The summed E-state index contributed by atoms with van der Waals surface area (Å²) in [4.78, 5) is 8.51. The Bertz CT molecular complexity index is 643. The molecule has 2 rings (SSSR count). The summed E-state index contributed by atoms with van der Waals surface area (Å²) in [5.41, 5.74) is 1.94. The highest BCUT2D eigenvalue weighted by molar-refractivity contribution is 6.29. The van der Waals surface area contributed by atoms with Gasteiger partial charge < -0.3 is 10.6 Å². The van der Waals surface area contributed by atoms with Crippen LogP contribution in [0.5, 0.6) is 0 Å². The van der Waals surface area contributed by atoms with Gasteiger partial charge in [-0.25, -0.2) is 14.4 Å². The summed E-state index contributed by atoms with van der Waals surface area (Å²) < 4.78 is 13.2. The molecule has 0 bridgehead atoms. The molecule has 6 heteroatoms. The lowest BCUT2D eigenvalue weighted by Gasteiger charge is -2.11. The van der Waals surface area contributed by atoms with E-state index in [4.69, 9.17) is 11.6 Å². The number of benzene rings is 1. The van der Waals surface area contributed by atoms with Crippen LogP contribution in [0.4, 0.5) is 4.39 Å². The van der Waals surface area contributed by atoms with E-state index in [1.807, 2.05) is 19.1 Å². The lowest BCUT2D eigenvalue weighted by molar-refractivity contribution is 0.625. The van der Waals surface area contributed by atoms with Crippen LogP contribution in [0, 0.1) is 5.82 Å². The van der Waals surface area contributed by atoms with E-state index in [1.165, 1.54) is 12.1 Å². The number of nitrogens with one attached hydrogen (secondary N) is 2. The second-order valence-corrected chi connectivity index (χ2v) is 5.38. The fourth-order valence-electron chi connectivity index (χ4n) is 2.03. The number of aromatic nitrogens is 1. The molecule has 0 radical (unpaired) electrons. The van der Waals surface area contributed by atoms with Gasteiger partial charge in [-0.05, 0) is 42.7 Å². The molecule has 1 aromatic heterocycles. The summed E-state index contributed by atoms with van der Waals surface area (Å²) >= 11 is 5.77. The zero-order chi connectivity index (χ0) is 16.5. The number of guanidine groups is 1. The van der Waals surface area contributed by atoms with Crippen LogP contribution >= 0.6 is 11.6 Å². The smallest absolute Gasteiger partial charge is 0.191 e. The van der Waals surface area contributed by atoms with E-state index in [1.54, 1.807) is 18.3 Å². The molecule has 0 spiro atoms. The molecule has 2 N–H and O–H groups in total. The number of hydrogen-bond donors (Lipinski definition) is 2. The summed E-state index contributed by atoms with van der Waals surface area (Å²) in [6.07, 6.45) is 2.58.